The smallest absolute Gasteiger partial charge is 0.264 e. The Morgan fingerprint density at radius 2 is 1.67 bits per heavy atom. The molecule has 3 rings (SSSR count). The second kappa shape index (κ2) is 7.16. The van der Waals surface area contributed by atoms with E-state index in [4.69, 9.17) is 0 Å². The van der Waals surface area contributed by atoms with Gasteiger partial charge < -0.3 is 0 Å². The van der Waals surface area contributed by atoms with Crippen molar-refractivity contribution in [1.29, 1.82) is 0 Å². The third kappa shape index (κ3) is 3.96. The Morgan fingerprint density at radius 3 is 2.30 bits per heavy atom. The Labute approximate surface area is 161 Å². The average molecular weight is 409 g/mol. The first-order valence-corrected chi connectivity index (χ1v) is 11.8. The van der Waals surface area contributed by atoms with Crippen LogP contribution in [0.3, 0.4) is 0 Å². The summed E-state index contributed by atoms with van der Waals surface area (Å²) >= 11 is 0. The molecule has 0 amide bonds. The second-order valence-electron chi connectivity index (χ2n) is 7.03. The molecule has 0 fully saturated rings. The Balaban J connectivity index is 1.96. The van der Waals surface area contributed by atoms with Gasteiger partial charge in [0.1, 0.15) is 0 Å². The molecule has 146 valence electrons. The largest absolute Gasteiger partial charge is 0.283 e. The normalized spacial score (nSPS) is 14.9. The van der Waals surface area contributed by atoms with E-state index in [2.05, 4.69) is 4.72 Å². The monoisotopic (exact) mass is 408 g/mol. The molecular formula is C19H24N2O4S2. The number of hydrogen-bond acceptors (Lipinski definition) is 4. The number of fused-ring (bicyclic) bond motifs is 1. The maximum atomic E-state index is 13.1. The van der Waals surface area contributed by atoms with Gasteiger partial charge >= 0.3 is 0 Å². The number of benzene rings is 2. The summed E-state index contributed by atoms with van der Waals surface area (Å²) < 4.78 is 54.3. The minimum Gasteiger partial charge on any atom is -0.283 e. The molecule has 0 unspecified atom stereocenters. The molecule has 6 nitrogen and oxygen atoms in total. The Bertz CT molecular complexity index is 1040. The number of nitrogens with zero attached hydrogens (tertiary/aromatic N) is 1. The van der Waals surface area contributed by atoms with E-state index in [1.807, 2.05) is 6.92 Å². The number of rotatable bonds is 5. The van der Waals surface area contributed by atoms with Gasteiger partial charge in [-0.25, -0.2) is 16.8 Å². The van der Waals surface area contributed by atoms with E-state index in [0.717, 1.165) is 11.1 Å². The predicted octanol–water partition coefficient (Wildman–Crippen LogP) is 3.29. The Hall–Kier alpha value is -2.06. The average Bonchev–Trinajstić information content (AvgIpc) is 2.61. The third-order valence-corrected chi connectivity index (χ3v) is 8.23. The summed E-state index contributed by atoms with van der Waals surface area (Å²) in [5, 5.41) is -0.549. The molecule has 2 aromatic carbocycles. The highest BCUT2D eigenvalue weighted by atomic mass is 32.2. The van der Waals surface area contributed by atoms with Crippen molar-refractivity contribution in [2.45, 2.75) is 43.8 Å². The van der Waals surface area contributed by atoms with Crippen LogP contribution in [0.5, 0.6) is 0 Å². The number of anilines is 2. The molecule has 1 aliphatic rings. The van der Waals surface area contributed by atoms with Crippen LogP contribution in [-0.2, 0) is 26.5 Å². The summed E-state index contributed by atoms with van der Waals surface area (Å²) in [5.41, 5.74) is 2.88. The fourth-order valence-electron chi connectivity index (χ4n) is 3.00. The van der Waals surface area contributed by atoms with Gasteiger partial charge in [0, 0.05) is 12.2 Å². The number of nitrogens with one attached hydrogen (secondary N) is 1. The van der Waals surface area contributed by atoms with Gasteiger partial charge in [0.15, 0.2) is 0 Å². The molecule has 0 saturated carbocycles. The first-order valence-electron chi connectivity index (χ1n) is 8.85. The summed E-state index contributed by atoms with van der Waals surface area (Å²) in [5.74, 6) is 0. The molecule has 8 heteroatoms. The van der Waals surface area contributed by atoms with Crippen molar-refractivity contribution in [3.8, 4) is 0 Å². The van der Waals surface area contributed by atoms with E-state index in [-0.39, 0.29) is 4.90 Å². The number of sulfonamides is 2. The van der Waals surface area contributed by atoms with E-state index < -0.39 is 25.3 Å². The van der Waals surface area contributed by atoms with Gasteiger partial charge in [-0.3, -0.25) is 9.03 Å². The maximum Gasteiger partial charge on any atom is 0.264 e. The van der Waals surface area contributed by atoms with Crippen molar-refractivity contribution >= 4 is 31.4 Å². The molecule has 27 heavy (non-hydrogen) atoms. The van der Waals surface area contributed by atoms with E-state index in [1.54, 1.807) is 56.3 Å². The molecule has 1 aliphatic heterocycles. The highest BCUT2D eigenvalue weighted by molar-refractivity contribution is 7.93. The maximum absolute atomic E-state index is 13.1. The lowest BCUT2D eigenvalue weighted by atomic mass is 10.0. The van der Waals surface area contributed by atoms with Crippen LogP contribution in [-0.4, -0.2) is 28.6 Å². The van der Waals surface area contributed by atoms with Gasteiger partial charge in [-0.05, 0) is 69.5 Å². The molecular weight excluding hydrogens is 384 g/mol. The van der Waals surface area contributed by atoms with Crippen LogP contribution in [0, 0.1) is 6.92 Å². The van der Waals surface area contributed by atoms with Crippen LogP contribution in [0.15, 0.2) is 47.4 Å². The number of hydrogen-bond donors (Lipinski definition) is 1. The van der Waals surface area contributed by atoms with Gasteiger partial charge in [0.05, 0.1) is 15.8 Å². The van der Waals surface area contributed by atoms with E-state index in [0.29, 0.717) is 30.8 Å². The van der Waals surface area contributed by atoms with Crippen molar-refractivity contribution < 1.29 is 16.8 Å². The molecule has 0 atom stereocenters. The first kappa shape index (κ1) is 19.7. The first-order chi connectivity index (χ1) is 12.6. The van der Waals surface area contributed by atoms with Crippen molar-refractivity contribution in [2.24, 2.45) is 0 Å². The zero-order valence-electron chi connectivity index (χ0n) is 15.6. The highest BCUT2D eigenvalue weighted by Crippen LogP contribution is 2.34. The lowest BCUT2D eigenvalue weighted by Gasteiger charge is -2.31. The fraction of sp³-hybridized carbons (Fsp3) is 0.368. The van der Waals surface area contributed by atoms with Crippen LogP contribution in [0.25, 0.3) is 0 Å². The Kier molecular flexibility index (Phi) is 5.22. The standard InChI is InChI=1S/C19H24N2O4S2/c1-14(2)26(22,23)20-17-8-11-19-16(13-17)5-4-12-21(19)27(24,25)18-9-6-15(3)7-10-18/h6-11,13-14,20H,4-5,12H2,1-3H3. The molecule has 0 aliphatic carbocycles. The molecule has 1 N–H and O–H groups in total. The van der Waals surface area contributed by atoms with Gasteiger partial charge in [-0.1, -0.05) is 17.7 Å². The van der Waals surface area contributed by atoms with Crippen LogP contribution in [0.4, 0.5) is 11.4 Å². The lowest BCUT2D eigenvalue weighted by molar-refractivity contribution is 0.586. The molecule has 0 saturated heterocycles. The summed E-state index contributed by atoms with van der Waals surface area (Å²) in [6, 6.07) is 11.8. The molecule has 2 aromatic rings. The minimum absolute atomic E-state index is 0.255. The van der Waals surface area contributed by atoms with Crippen molar-refractivity contribution in [2.75, 3.05) is 15.6 Å². The quantitative estimate of drug-likeness (QED) is 0.823. The van der Waals surface area contributed by atoms with Gasteiger partial charge in [0.25, 0.3) is 10.0 Å². The predicted molar refractivity (Wildman–Crippen MR) is 108 cm³/mol. The molecule has 0 aromatic heterocycles. The van der Waals surface area contributed by atoms with E-state index in [1.165, 1.54) is 4.31 Å². The topological polar surface area (TPSA) is 83.6 Å². The zero-order chi connectivity index (χ0) is 19.8. The van der Waals surface area contributed by atoms with E-state index >= 15 is 0 Å². The van der Waals surface area contributed by atoms with Crippen LogP contribution < -0.4 is 9.03 Å². The lowest BCUT2D eigenvalue weighted by Crippen LogP contribution is -2.35. The van der Waals surface area contributed by atoms with Crippen LogP contribution in [0.2, 0.25) is 0 Å². The van der Waals surface area contributed by atoms with Crippen LogP contribution in [0.1, 0.15) is 31.4 Å². The molecule has 0 bridgehead atoms. The van der Waals surface area contributed by atoms with Crippen molar-refractivity contribution in [1.82, 2.24) is 0 Å². The summed E-state index contributed by atoms with van der Waals surface area (Å²) in [6.07, 6.45) is 1.38. The summed E-state index contributed by atoms with van der Waals surface area (Å²) in [7, 11) is -7.11. The zero-order valence-corrected chi connectivity index (χ0v) is 17.3. The highest BCUT2D eigenvalue weighted by Gasteiger charge is 2.29. The fourth-order valence-corrected chi connectivity index (χ4v) is 5.23. The number of aryl methyl sites for hydroxylation is 2. The van der Waals surface area contributed by atoms with Crippen molar-refractivity contribution in [3.05, 3.63) is 53.6 Å². The molecule has 1 heterocycles. The molecule has 0 spiro atoms. The van der Waals surface area contributed by atoms with Gasteiger partial charge in [-0.15, -0.1) is 0 Å². The molecule has 0 radical (unpaired) electrons. The van der Waals surface area contributed by atoms with Gasteiger partial charge in [0.2, 0.25) is 10.0 Å². The third-order valence-electron chi connectivity index (χ3n) is 4.65. The summed E-state index contributed by atoms with van der Waals surface area (Å²) in [4.78, 5) is 0.255. The SMILES string of the molecule is Cc1ccc(S(=O)(=O)N2CCCc3cc(NS(=O)(=O)C(C)C)ccc32)cc1. The summed E-state index contributed by atoms with van der Waals surface area (Å²) in [6.45, 7) is 5.53. The van der Waals surface area contributed by atoms with Crippen LogP contribution >= 0.6 is 0 Å². The van der Waals surface area contributed by atoms with Crippen molar-refractivity contribution in [3.63, 3.8) is 0 Å². The minimum atomic E-state index is -3.66. The Morgan fingerprint density at radius 1 is 1.00 bits per heavy atom. The van der Waals surface area contributed by atoms with Gasteiger partial charge in [-0.2, -0.15) is 0 Å². The second-order valence-corrected chi connectivity index (χ2v) is 11.1. The van der Waals surface area contributed by atoms with E-state index in [9.17, 15) is 16.8 Å².